The van der Waals surface area contributed by atoms with Crippen LogP contribution in [0.2, 0.25) is 0 Å². The normalized spacial score (nSPS) is 15.5. The molecule has 1 aliphatic heterocycles. The largest absolute Gasteiger partial charge is 0.497 e. The van der Waals surface area contributed by atoms with Crippen LogP contribution in [-0.4, -0.2) is 29.6 Å². The summed E-state index contributed by atoms with van der Waals surface area (Å²) in [7, 11) is 1.62. The van der Waals surface area contributed by atoms with Crippen LogP contribution >= 0.6 is 15.9 Å². The number of nitrogens with zero attached hydrogens (tertiary/aromatic N) is 1. The van der Waals surface area contributed by atoms with Gasteiger partial charge in [-0.25, -0.2) is 9.18 Å². The molecule has 1 aliphatic rings. The monoisotopic (exact) mass is 493 g/mol. The lowest BCUT2D eigenvalue weighted by Crippen LogP contribution is -2.43. The molecule has 2 heterocycles. The summed E-state index contributed by atoms with van der Waals surface area (Å²) >= 11 is 3.25. The third-order valence-electron chi connectivity index (χ3n) is 5.90. The average molecular weight is 494 g/mol. The maximum absolute atomic E-state index is 14.4. The van der Waals surface area contributed by atoms with Crippen LogP contribution in [0.4, 0.5) is 14.9 Å². The molecule has 5 rings (SSSR count). The maximum atomic E-state index is 14.4. The van der Waals surface area contributed by atoms with Gasteiger partial charge >= 0.3 is 6.03 Å². The predicted molar refractivity (Wildman–Crippen MR) is 127 cm³/mol. The number of carbonyl (C=O) groups excluding carboxylic acids is 1. The first-order valence-electron chi connectivity index (χ1n) is 10.3. The Morgan fingerprint density at radius 3 is 2.69 bits per heavy atom. The molecule has 0 fully saturated rings. The Labute approximate surface area is 193 Å². The van der Waals surface area contributed by atoms with Crippen LogP contribution in [0.1, 0.15) is 22.9 Å². The number of hydrogen-bond donors (Lipinski definition) is 2. The average Bonchev–Trinajstić information content (AvgIpc) is 3.19. The molecule has 0 unspecified atom stereocenters. The van der Waals surface area contributed by atoms with Gasteiger partial charge in [0.15, 0.2) is 0 Å². The van der Waals surface area contributed by atoms with Gasteiger partial charge in [-0.15, -0.1) is 0 Å². The van der Waals surface area contributed by atoms with Gasteiger partial charge in [0.25, 0.3) is 0 Å². The van der Waals surface area contributed by atoms with Crippen LogP contribution in [0, 0.1) is 5.82 Å². The van der Waals surface area contributed by atoms with Gasteiger partial charge in [-0.2, -0.15) is 0 Å². The van der Waals surface area contributed by atoms with E-state index in [1.807, 2.05) is 42.5 Å². The number of carbonyl (C=O) groups is 1. The summed E-state index contributed by atoms with van der Waals surface area (Å²) in [5, 5.41) is 3.91. The third-order valence-corrected chi connectivity index (χ3v) is 6.39. The molecule has 7 heteroatoms. The van der Waals surface area contributed by atoms with E-state index in [-0.39, 0.29) is 17.8 Å². The molecule has 0 bridgehead atoms. The second kappa shape index (κ2) is 8.31. The zero-order valence-corrected chi connectivity index (χ0v) is 18.9. The molecular formula is C25H21BrFN3O2. The fourth-order valence-corrected chi connectivity index (χ4v) is 4.70. The Morgan fingerprint density at radius 1 is 1.16 bits per heavy atom. The van der Waals surface area contributed by atoms with Gasteiger partial charge in [-0.05, 0) is 53.9 Å². The molecule has 4 aromatic rings. The van der Waals surface area contributed by atoms with Crippen LogP contribution in [-0.2, 0) is 6.42 Å². The number of hydrogen-bond acceptors (Lipinski definition) is 2. The molecule has 2 amide bonds. The number of ether oxygens (including phenoxy) is 1. The van der Waals surface area contributed by atoms with Gasteiger partial charge in [-0.3, -0.25) is 0 Å². The van der Waals surface area contributed by atoms with Gasteiger partial charge < -0.3 is 19.9 Å². The molecule has 162 valence electrons. The summed E-state index contributed by atoms with van der Waals surface area (Å²) < 4.78 is 20.3. The summed E-state index contributed by atoms with van der Waals surface area (Å²) in [6.45, 7) is 0.509. The predicted octanol–water partition coefficient (Wildman–Crippen LogP) is 6.26. The van der Waals surface area contributed by atoms with Gasteiger partial charge in [0.1, 0.15) is 11.6 Å². The van der Waals surface area contributed by atoms with E-state index in [0.717, 1.165) is 22.5 Å². The van der Waals surface area contributed by atoms with E-state index in [2.05, 4.69) is 32.3 Å². The lowest BCUT2D eigenvalue weighted by Gasteiger charge is -2.36. The van der Waals surface area contributed by atoms with Crippen molar-refractivity contribution in [3.63, 3.8) is 0 Å². The molecule has 3 aromatic carbocycles. The van der Waals surface area contributed by atoms with Crippen LogP contribution in [0.5, 0.6) is 5.75 Å². The summed E-state index contributed by atoms with van der Waals surface area (Å²) in [6.07, 6.45) is 0.711. The Kier molecular flexibility index (Phi) is 5.35. The van der Waals surface area contributed by atoms with E-state index in [4.69, 9.17) is 4.74 Å². The molecule has 0 spiro atoms. The zero-order valence-electron chi connectivity index (χ0n) is 17.4. The minimum atomic E-state index is -0.489. The highest BCUT2D eigenvalue weighted by Gasteiger charge is 2.34. The van der Waals surface area contributed by atoms with E-state index in [1.54, 1.807) is 24.1 Å². The topological polar surface area (TPSA) is 57.4 Å². The van der Waals surface area contributed by atoms with Crippen molar-refractivity contribution in [3.8, 4) is 5.75 Å². The third kappa shape index (κ3) is 3.62. The molecule has 0 saturated carbocycles. The minimum Gasteiger partial charge on any atom is -0.497 e. The number of methoxy groups -OCH3 is 1. The van der Waals surface area contributed by atoms with Crippen molar-refractivity contribution in [2.45, 2.75) is 12.5 Å². The number of aromatic amines is 1. The number of nitrogens with one attached hydrogen (secondary N) is 2. The molecular weight excluding hydrogens is 473 g/mol. The van der Waals surface area contributed by atoms with Crippen molar-refractivity contribution in [1.29, 1.82) is 0 Å². The second-order valence-electron chi connectivity index (χ2n) is 7.74. The zero-order chi connectivity index (χ0) is 22.2. The molecule has 0 saturated heterocycles. The number of H-pyrrole nitrogens is 1. The molecule has 0 radical (unpaired) electrons. The number of para-hydroxylation sites is 1. The van der Waals surface area contributed by atoms with Crippen LogP contribution in [0.25, 0.3) is 10.9 Å². The lowest BCUT2D eigenvalue weighted by molar-refractivity contribution is 0.193. The number of anilines is 1. The van der Waals surface area contributed by atoms with E-state index >= 15 is 0 Å². The Morgan fingerprint density at radius 2 is 1.94 bits per heavy atom. The number of aromatic nitrogens is 1. The lowest BCUT2D eigenvalue weighted by atomic mass is 9.92. The Bertz CT molecular complexity index is 1300. The number of benzene rings is 3. The first-order valence-corrected chi connectivity index (χ1v) is 11.1. The highest BCUT2D eigenvalue weighted by Crippen LogP contribution is 2.39. The molecule has 1 atom stereocenters. The smallest absolute Gasteiger partial charge is 0.322 e. The van der Waals surface area contributed by atoms with E-state index in [0.29, 0.717) is 17.4 Å². The number of rotatable bonds is 3. The minimum absolute atomic E-state index is 0.147. The first-order chi connectivity index (χ1) is 15.5. The summed E-state index contributed by atoms with van der Waals surface area (Å²) in [6, 6.07) is 19.8. The maximum Gasteiger partial charge on any atom is 0.322 e. The van der Waals surface area contributed by atoms with Crippen molar-refractivity contribution in [2.75, 3.05) is 19.0 Å². The van der Waals surface area contributed by atoms with Crippen LogP contribution in [0.3, 0.4) is 0 Å². The van der Waals surface area contributed by atoms with E-state index in [9.17, 15) is 9.18 Å². The number of fused-ring (bicyclic) bond motifs is 3. The van der Waals surface area contributed by atoms with Crippen LogP contribution < -0.4 is 10.1 Å². The summed E-state index contributed by atoms with van der Waals surface area (Å²) in [4.78, 5) is 18.6. The fourth-order valence-electron chi connectivity index (χ4n) is 4.37. The van der Waals surface area contributed by atoms with Crippen molar-refractivity contribution in [1.82, 2.24) is 9.88 Å². The quantitative estimate of drug-likeness (QED) is 0.354. The standard InChI is InChI=1S/C25H21BrFN3O2/c1-32-17-9-6-15(7-10-17)24-23-19(18-4-2-3-5-21(18)28-23)12-13-30(24)25(31)29-22-11-8-16(26)14-20(22)27/h2-11,14,24,28H,12-13H2,1H3,(H,29,31)/t24-/m0/s1. The molecule has 2 N–H and O–H groups in total. The van der Waals surface area contributed by atoms with Crippen molar-refractivity contribution in [2.24, 2.45) is 0 Å². The number of amides is 2. The number of halogens is 2. The fraction of sp³-hybridized carbons (Fsp3) is 0.160. The Hall–Kier alpha value is -3.32. The number of urea groups is 1. The molecule has 1 aromatic heterocycles. The van der Waals surface area contributed by atoms with Crippen molar-refractivity contribution in [3.05, 3.63) is 93.8 Å². The van der Waals surface area contributed by atoms with E-state index < -0.39 is 5.82 Å². The molecule has 5 nitrogen and oxygen atoms in total. The van der Waals surface area contributed by atoms with Gasteiger partial charge in [0.05, 0.1) is 18.8 Å². The van der Waals surface area contributed by atoms with Gasteiger partial charge in [0, 0.05) is 27.6 Å². The highest BCUT2D eigenvalue weighted by molar-refractivity contribution is 9.10. The van der Waals surface area contributed by atoms with Gasteiger partial charge in [0.2, 0.25) is 0 Å². The summed E-state index contributed by atoms with van der Waals surface area (Å²) in [5.74, 6) is 0.256. The molecule has 0 aliphatic carbocycles. The summed E-state index contributed by atoms with van der Waals surface area (Å²) in [5.41, 5.74) is 4.32. The first kappa shape index (κ1) is 20.6. The van der Waals surface area contributed by atoms with Crippen molar-refractivity contribution < 1.29 is 13.9 Å². The van der Waals surface area contributed by atoms with Crippen molar-refractivity contribution >= 4 is 38.6 Å². The molecule has 32 heavy (non-hydrogen) atoms. The van der Waals surface area contributed by atoms with Gasteiger partial charge in [-0.1, -0.05) is 46.3 Å². The van der Waals surface area contributed by atoms with E-state index in [1.165, 1.54) is 17.0 Å². The SMILES string of the molecule is COc1ccc([C@H]2c3[nH]c4ccccc4c3CCN2C(=O)Nc2ccc(Br)cc2F)cc1. The van der Waals surface area contributed by atoms with Crippen LogP contribution in [0.15, 0.2) is 71.2 Å². The Balaban J connectivity index is 1.56. The highest BCUT2D eigenvalue weighted by atomic mass is 79.9. The second-order valence-corrected chi connectivity index (χ2v) is 8.65.